The summed E-state index contributed by atoms with van der Waals surface area (Å²) in [6, 6.07) is 12.4. The standard InChI is InChI=1S/C22H22FNO5S2/c23-18-8-11-19(12-9-18)30(25,26)22(21-6-3-13-29-21)15-24-31(27,28)20-10-7-16-4-1-2-5-17(16)14-20/h3,6-14,22,24H,1-2,4-5,15H2. The van der Waals surface area contributed by atoms with Gasteiger partial charge in [0.05, 0.1) is 16.1 Å². The maximum absolute atomic E-state index is 13.3. The number of benzene rings is 2. The summed E-state index contributed by atoms with van der Waals surface area (Å²) in [5, 5.41) is -1.31. The smallest absolute Gasteiger partial charge is 0.240 e. The Hall–Kier alpha value is -2.49. The van der Waals surface area contributed by atoms with Gasteiger partial charge in [-0.1, -0.05) is 6.07 Å². The van der Waals surface area contributed by atoms with E-state index in [2.05, 4.69) is 4.72 Å². The molecule has 3 aromatic rings. The molecule has 0 saturated heterocycles. The minimum absolute atomic E-state index is 0.0949. The van der Waals surface area contributed by atoms with Crippen LogP contribution in [-0.2, 0) is 32.7 Å². The van der Waals surface area contributed by atoms with Crippen molar-refractivity contribution >= 4 is 19.9 Å². The van der Waals surface area contributed by atoms with E-state index in [0.717, 1.165) is 61.1 Å². The monoisotopic (exact) mass is 463 g/mol. The molecule has 1 N–H and O–H groups in total. The molecule has 0 saturated carbocycles. The molecule has 0 spiro atoms. The number of rotatable bonds is 7. The maximum atomic E-state index is 13.3. The highest BCUT2D eigenvalue weighted by Crippen LogP contribution is 2.30. The molecule has 1 atom stereocenters. The Bertz CT molecular complexity index is 1270. The van der Waals surface area contributed by atoms with Crippen molar-refractivity contribution in [2.75, 3.05) is 6.54 Å². The van der Waals surface area contributed by atoms with Crippen LogP contribution in [0.2, 0.25) is 0 Å². The molecule has 0 amide bonds. The molecule has 1 aliphatic rings. The van der Waals surface area contributed by atoms with Crippen LogP contribution in [0.3, 0.4) is 0 Å². The molecule has 1 heterocycles. The molecular weight excluding hydrogens is 441 g/mol. The lowest BCUT2D eigenvalue weighted by Gasteiger charge is -2.19. The molecule has 6 nitrogen and oxygen atoms in total. The molecule has 1 aliphatic carbocycles. The first-order valence-electron chi connectivity index (χ1n) is 9.92. The van der Waals surface area contributed by atoms with Gasteiger partial charge in [0.15, 0.2) is 9.84 Å². The third kappa shape index (κ3) is 4.58. The summed E-state index contributed by atoms with van der Waals surface area (Å²) in [7, 11) is -7.99. The minimum atomic E-state index is -4.05. The first kappa shape index (κ1) is 21.7. The number of sulfonamides is 1. The van der Waals surface area contributed by atoms with Gasteiger partial charge in [-0.3, -0.25) is 0 Å². The van der Waals surface area contributed by atoms with Crippen molar-refractivity contribution in [3.8, 4) is 0 Å². The zero-order chi connectivity index (χ0) is 22.1. The molecule has 0 bridgehead atoms. The molecular formula is C22H22FNO5S2. The number of aryl methyl sites for hydroxylation is 2. The Labute approximate surface area is 181 Å². The van der Waals surface area contributed by atoms with E-state index < -0.39 is 37.5 Å². The number of nitrogens with one attached hydrogen (secondary N) is 1. The number of fused-ring (bicyclic) bond motifs is 1. The number of furan rings is 1. The molecule has 0 aliphatic heterocycles. The van der Waals surface area contributed by atoms with Crippen LogP contribution in [0.1, 0.15) is 35.0 Å². The van der Waals surface area contributed by atoms with E-state index in [4.69, 9.17) is 4.42 Å². The summed E-state index contributed by atoms with van der Waals surface area (Å²) in [5.74, 6) is -0.473. The second-order valence-corrected chi connectivity index (χ2v) is 11.4. The van der Waals surface area contributed by atoms with E-state index in [1.165, 1.54) is 18.4 Å². The van der Waals surface area contributed by atoms with E-state index in [1.807, 2.05) is 6.07 Å². The van der Waals surface area contributed by atoms with E-state index in [9.17, 15) is 21.2 Å². The van der Waals surface area contributed by atoms with E-state index in [1.54, 1.807) is 12.1 Å². The quantitative estimate of drug-likeness (QED) is 0.538. The van der Waals surface area contributed by atoms with E-state index in [0.29, 0.717) is 0 Å². The normalized spacial score (nSPS) is 15.4. The van der Waals surface area contributed by atoms with Crippen LogP contribution in [-0.4, -0.2) is 23.4 Å². The highest BCUT2D eigenvalue weighted by molar-refractivity contribution is 7.92. The van der Waals surface area contributed by atoms with Gasteiger partial charge in [0.1, 0.15) is 16.8 Å². The first-order chi connectivity index (χ1) is 14.8. The van der Waals surface area contributed by atoms with Gasteiger partial charge < -0.3 is 4.42 Å². The van der Waals surface area contributed by atoms with E-state index in [-0.39, 0.29) is 15.6 Å². The van der Waals surface area contributed by atoms with Gasteiger partial charge in [-0.25, -0.2) is 25.9 Å². The Kier molecular flexibility index (Phi) is 6.00. The average Bonchev–Trinajstić information content (AvgIpc) is 3.28. The Morgan fingerprint density at radius 1 is 0.903 bits per heavy atom. The molecule has 31 heavy (non-hydrogen) atoms. The first-order valence-corrected chi connectivity index (χ1v) is 12.9. The number of hydrogen-bond donors (Lipinski definition) is 1. The van der Waals surface area contributed by atoms with Crippen LogP contribution in [0.25, 0.3) is 0 Å². The van der Waals surface area contributed by atoms with Gasteiger partial charge >= 0.3 is 0 Å². The molecule has 164 valence electrons. The summed E-state index contributed by atoms with van der Waals surface area (Å²) in [5.41, 5.74) is 2.16. The molecule has 0 radical (unpaired) electrons. The van der Waals surface area contributed by atoms with E-state index >= 15 is 0 Å². The van der Waals surface area contributed by atoms with Gasteiger partial charge in [-0.05, 0) is 85.3 Å². The minimum Gasteiger partial charge on any atom is -0.468 e. The summed E-state index contributed by atoms with van der Waals surface area (Å²) in [6.07, 6.45) is 5.18. The van der Waals surface area contributed by atoms with Crippen molar-refractivity contribution in [2.24, 2.45) is 0 Å². The number of sulfone groups is 1. The molecule has 4 rings (SSSR count). The average molecular weight is 464 g/mol. The van der Waals surface area contributed by atoms with Crippen molar-refractivity contribution in [1.82, 2.24) is 4.72 Å². The molecule has 9 heteroatoms. The van der Waals surface area contributed by atoms with Crippen LogP contribution in [0.15, 0.2) is 75.1 Å². The molecule has 0 fully saturated rings. The number of halogens is 1. The largest absolute Gasteiger partial charge is 0.468 e. The fourth-order valence-electron chi connectivity index (χ4n) is 3.77. The van der Waals surface area contributed by atoms with Crippen molar-refractivity contribution in [3.05, 3.63) is 83.6 Å². The predicted molar refractivity (Wildman–Crippen MR) is 113 cm³/mol. The Morgan fingerprint density at radius 2 is 1.58 bits per heavy atom. The summed E-state index contributed by atoms with van der Waals surface area (Å²) >= 11 is 0. The lowest BCUT2D eigenvalue weighted by atomic mass is 9.92. The fourth-order valence-corrected chi connectivity index (χ4v) is 6.56. The Morgan fingerprint density at radius 3 is 2.26 bits per heavy atom. The van der Waals surface area contributed by atoms with Crippen LogP contribution in [0.5, 0.6) is 0 Å². The van der Waals surface area contributed by atoms with Gasteiger partial charge in [-0.15, -0.1) is 0 Å². The highest BCUT2D eigenvalue weighted by Gasteiger charge is 2.33. The summed E-state index contributed by atoms with van der Waals surface area (Å²) in [6.45, 7) is -0.424. The third-order valence-corrected chi connectivity index (χ3v) is 8.96. The molecule has 2 aromatic carbocycles. The van der Waals surface area contributed by atoms with Gasteiger partial charge in [0, 0.05) is 6.54 Å². The lowest BCUT2D eigenvalue weighted by molar-refractivity contribution is 0.486. The Balaban J connectivity index is 1.62. The fraction of sp³-hybridized carbons (Fsp3) is 0.273. The molecule has 1 aromatic heterocycles. The second kappa shape index (κ2) is 8.57. The zero-order valence-electron chi connectivity index (χ0n) is 16.6. The predicted octanol–water partition coefficient (Wildman–Crippen LogP) is 3.79. The SMILES string of the molecule is O=S(=O)(NCC(c1ccco1)S(=O)(=O)c1ccc(F)cc1)c1ccc2c(c1)CCCC2. The topological polar surface area (TPSA) is 93.4 Å². The van der Waals surface area contributed by atoms with Crippen LogP contribution in [0, 0.1) is 5.82 Å². The van der Waals surface area contributed by atoms with Crippen molar-refractivity contribution in [1.29, 1.82) is 0 Å². The second-order valence-electron chi connectivity index (χ2n) is 7.49. The van der Waals surface area contributed by atoms with Crippen LogP contribution >= 0.6 is 0 Å². The maximum Gasteiger partial charge on any atom is 0.240 e. The summed E-state index contributed by atoms with van der Waals surface area (Å²) in [4.78, 5) is -0.0196. The van der Waals surface area contributed by atoms with Gasteiger partial charge in [-0.2, -0.15) is 0 Å². The van der Waals surface area contributed by atoms with Gasteiger partial charge in [0.2, 0.25) is 10.0 Å². The van der Waals surface area contributed by atoms with Gasteiger partial charge in [0.25, 0.3) is 0 Å². The van der Waals surface area contributed by atoms with Crippen molar-refractivity contribution in [2.45, 2.75) is 40.7 Å². The molecule has 1 unspecified atom stereocenters. The summed E-state index contributed by atoms with van der Waals surface area (Å²) < 4.78 is 73.1. The third-order valence-electron chi connectivity index (χ3n) is 5.47. The zero-order valence-corrected chi connectivity index (χ0v) is 18.3. The number of hydrogen-bond acceptors (Lipinski definition) is 5. The van der Waals surface area contributed by atoms with Crippen molar-refractivity contribution < 1.29 is 25.6 Å². The lowest BCUT2D eigenvalue weighted by Crippen LogP contribution is -2.32. The van der Waals surface area contributed by atoms with Crippen LogP contribution < -0.4 is 4.72 Å². The van der Waals surface area contributed by atoms with Crippen LogP contribution in [0.4, 0.5) is 4.39 Å². The highest BCUT2D eigenvalue weighted by atomic mass is 32.2. The van der Waals surface area contributed by atoms with Crippen molar-refractivity contribution in [3.63, 3.8) is 0 Å².